The zero-order valence-corrected chi connectivity index (χ0v) is 11.1. The van der Waals surface area contributed by atoms with E-state index in [1.54, 1.807) is 0 Å². The first-order chi connectivity index (χ1) is 8.84. The second-order valence-corrected chi connectivity index (χ2v) is 5.03. The lowest BCUT2D eigenvalue weighted by Crippen LogP contribution is -2.30. The topological polar surface area (TPSA) is 38.5 Å². The average Bonchev–Trinajstić information content (AvgIpc) is 2.42. The van der Waals surface area contributed by atoms with Crippen LogP contribution in [0, 0.1) is 0 Å². The molecule has 1 heterocycles. The number of likely N-dealkylation sites (tertiary alicyclic amines) is 1. The van der Waals surface area contributed by atoms with Gasteiger partial charge in [-0.05, 0) is 69.6 Å². The summed E-state index contributed by atoms with van der Waals surface area (Å²) in [4.78, 5) is 2.58. The molecule has 1 aromatic carbocycles. The summed E-state index contributed by atoms with van der Waals surface area (Å²) < 4.78 is 5.68. The van der Waals surface area contributed by atoms with Crippen molar-refractivity contribution in [3.8, 4) is 5.75 Å². The molecule has 0 unspecified atom stereocenters. The maximum Gasteiger partial charge on any atom is 0.119 e. The summed E-state index contributed by atoms with van der Waals surface area (Å²) >= 11 is 0. The molecule has 1 saturated heterocycles. The molecule has 2 N–H and O–H groups in total. The van der Waals surface area contributed by atoms with E-state index in [4.69, 9.17) is 10.5 Å². The molecule has 0 bridgehead atoms. The van der Waals surface area contributed by atoms with Gasteiger partial charge in [-0.3, -0.25) is 0 Å². The largest absolute Gasteiger partial charge is 0.494 e. The van der Waals surface area contributed by atoms with Gasteiger partial charge < -0.3 is 15.4 Å². The summed E-state index contributed by atoms with van der Waals surface area (Å²) in [6.07, 6.45) is 6.52. The Morgan fingerprint density at radius 1 is 1.00 bits per heavy atom. The summed E-state index contributed by atoms with van der Waals surface area (Å²) in [7, 11) is 0. The fourth-order valence-corrected chi connectivity index (χ4v) is 2.37. The molecule has 100 valence electrons. The number of hydrogen-bond acceptors (Lipinski definition) is 3. The van der Waals surface area contributed by atoms with Crippen molar-refractivity contribution < 1.29 is 4.74 Å². The van der Waals surface area contributed by atoms with Gasteiger partial charge >= 0.3 is 0 Å². The molecule has 0 atom stereocenters. The fraction of sp³-hybridized carbons (Fsp3) is 0.600. The molecule has 0 saturated carbocycles. The third-order valence-electron chi connectivity index (χ3n) is 3.47. The van der Waals surface area contributed by atoms with Gasteiger partial charge in [0.15, 0.2) is 0 Å². The number of nitrogens with zero attached hydrogens (tertiary/aromatic N) is 1. The lowest BCUT2D eigenvalue weighted by molar-refractivity contribution is 0.216. The van der Waals surface area contributed by atoms with E-state index < -0.39 is 0 Å². The minimum absolute atomic E-state index is 0.785. The Labute approximate surface area is 110 Å². The molecule has 18 heavy (non-hydrogen) atoms. The molecule has 1 aliphatic rings. The summed E-state index contributed by atoms with van der Waals surface area (Å²) in [5.41, 5.74) is 6.41. The Bertz CT molecular complexity index is 331. The van der Waals surface area contributed by atoms with E-state index in [-0.39, 0.29) is 0 Å². The molecule has 0 spiro atoms. The molecule has 0 aromatic heterocycles. The number of anilines is 1. The molecular weight excluding hydrogens is 224 g/mol. The standard InChI is InChI=1S/C15H24N2O/c16-14-6-8-15(9-7-14)18-13-5-4-12-17-10-2-1-3-11-17/h6-9H,1-5,10-13,16H2. The summed E-state index contributed by atoms with van der Waals surface area (Å²) in [5.74, 6) is 0.919. The SMILES string of the molecule is Nc1ccc(OCCCCN2CCCCC2)cc1. The van der Waals surface area contributed by atoms with E-state index in [2.05, 4.69) is 4.90 Å². The smallest absolute Gasteiger partial charge is 0.119 e. The van der Waals surface area contributed by atoms with Crippen LogP contribution in [0.15, 0.2) is 24.3 Å². The highest BCUT2D eigenvalue weighted by Gasteiger charge is 2.08. The van der Waals surface area contributed by atoms with Crippen molar-refractivity contribution in [2.45, 2.75) is 32.1 Å². The fourth-order valence-electron chi connectivity index (χ4n) is 2.37. The Morgan fingerprint density at radius 2 is 1.72 bits per heavy atom. The van der Waals surface area contributed by atoms with Crippen LogP contribution in [0.2, 0.25) is 0 Å². The molecule has 1 aliphatic heterocycles. The van der Waals surface area contributed by atoms with Crippen molar-refractivity contribution in [3.63, 3.8) is 0 Å². The van der Waals surface area contributed by atoms with Gasteiger partial charge in [-0.15, -0.1) is 0 Å². The number of nitrogens with two attached hydrogens (primary N) is 1. The lowest BCUT2D eigenvalue weighted by Gasteiger charge is -2.26. The first-order valence-corrected chi connectivity index (χ1v) is 7.05. The predicted molar refractivity (Wildman–Crippen MR) is 75.9 cm³/mol. The van der Waals surface area contributed by atoms with Crippen LogP contribution in [0.1, 0.15) is 32.1 Å². The van der Waals surface area contributed by atoms with Crippen molar-refractivity contribution in [1.82, 2.24) is 4.90 Å². The van der Waals surface area contributed by atoms with Crippen molar-refractivity contribution >= 4 is 5.69 Å². The second kappa shape index (κ2) is 7.27. The minimum Gasteiger partial charge on any atom is -0.494 e. The Morgan fingerprint density at radius 3 is 2.44 bits per heavy atom. The van der Waals surface area contributed by atoms with Crippen LogP contribution in [0.4, 0.5) is 5.69 Å². The molecule has 0 radical (unpaired) electrons. The van der Waals surface area contributed by atoms with Crippen LogP contribution in [0.25, 0.3) is 0 Å². The van der Waals surface area contributed by atoms with Crippen molar-refractivity contribution in [2.24, 2.45) is 0 Å². The first kappa shape index (κ1) is 13.2. The Hall–Kier alpha value is -1.22. The minimum atomic E-state index is 0.785. The van der Waals surface area contributed by atoms with E-state index in [0.29, 0.717) is 0 Å². The number of ether oxygens (including phenoxy) is 1. The van der Waals surface area contributed by atoms with Gasteiger partial charge in [0, 0.05) is 5.69 Å². The number of benzene rings is 1. The quantitative estimate of drug-likeness (QED) is 0.621. The third kappa shape index (κ3) is 4.57. The lowest BCUT2D eigenvalue weighted by atomic mass is 10.1. The molecule has 1 aromatic rings. The van der Waals surface area contributed by atoms with E-state index in [9.17, 15) is 0 Å². The zero-order valence-electron chi connectivity index (χ0n) is 11.1. The zero-order chi connectivity index (χ0) is 12.6. The number of rotatable bonds is 6. The van der Waals surface area contributed by atoms with E-state index >= 15 is 0 Å². The molecular formula is C15H24N2O. The van der Waals surface area contributed by atoms with Gasteiger partial charge in [0.05, 0.1) is 6.61 Å². The highest BCUT2D eigenvalue weighted by atomic mass is 16.5. The van der Waals surface area contributed by atoms with Gasteiger partial charge in [0.2, 0.25) is 0 Å². The van der Waals surface area contributed by atoms with E-state index in [1.165, 1.54) is 45.3 Å². The summed E-state index contributed by atoms with van der Waals surface area (Å²) in [6, 6.07) is 7.62. The van der Waals surface area contributed by atoms with Crippen LogP contribution in [0.5, 0.6) is 5.75 Å². The Kier molecular flexibility index (Phi) is 5.34. The molecule has 1 fully saturated rings. The maximum atomic E-state index is 5.68. The molecule has 3 heteroatoms. The van der Waals surface area contributed by atoms with Crippen LogP contribution >= 0.6 is 0 Å². The molecule has 0 aliphatic carbocycles. The second-order valence-electron chi connectivity index (χ2n) is 5.03. The van der Waals surface area contributed by atoms with Gasteiger partial charge in [-0.2, -0.15) is 0 Å². The molecule has 3 nitrogen and oxygen atoms in total. The van der Waals surface area contributed by atoms with E-state index in [0.717, 1.165) is 24.5 Å². The van der Waals surface area contributed by atoms with Crippen LogP contribution < -0.4 is 10.5 Å². The predicted octanol–water partition coefficient (Wildman–Crippen LogP) is 2.91. The summed E-state index contributed by atoms with van der Waals surface area (Å²) in [6.45, 7) is 4.61. The van der Waals surface area contributed by atoms with Gasteiger partial charge in [-0.1, -0.05) is 6.42 Å². The number of piperidine rings is 1. The number of hydrogen-bond donors (Lipinski definition) is 1. The highest BCUT2D eigenvalue weighted by Crippen LogP contribution is 2.14. The number of unbranched alkanes of at least 4 members (excludes halogenated alkanes) is 1. The molecule has 0 amide bonds. The monoisotopic (exact) mass is 248 g/mol. The van der Waals surface area contributed by atoms with Crippen molar-refractivity contribution in [1.29, 1.82) is 0 Å². The maximum absolute atomic E-state index is 5.68. The highest BCUT2D eigenvalue weighted by molar-refractivity contribution is 5.41. The van der Waals surface area contributed by atoms with Gasteiger partial charge in [-0.25, -0.2) is 0 Å². The van der Waals surface area contributed by atoms with Crippen LogP contribution in [0.3, 0.4) is 0 Å². The van der Waals surface area contributed by atoms with Gasteiger partial charge in [0.1, 0.15) is 5.75 Å². The van der Waals surface area contributed by atoms with E-state index in [1.807, 2.05) is 24.3 Å². The Balaban J connectivity index is 1.54. The molecule has 2 rings (SSSR count). The average molecular weight is 248 g/mol. The summed E-state index contributed by atoms with van der Waals surface area (Å²) in [5, 5.41) is 0. The first-order valence-electron chi connectivity index (χ1n) is 7.05. The van der Waals surface area contributed by atoms with Crippen molar-refractivity contribution in [3.05, 3.63) is 24.3 Å². The van der Waals surface area contributed by atoms with Crippen molar-refractivity contribution in [2.75, 3.05) is 32.0 Å². The normalized spacial score (nSPS) is 16.7. The van der Waals surface area contributed by atoms with Crippen LogP contribution in [-0.2, 0) is 0 Å². The number of nitrogen functional groups attached to an aromatic ring is 1. The third-order valence-corrected chi connectivity index (χ3v) is 3.47. The van der Waals surface area contributed by atoms with Crippen LogP contribution in [-0.4, -0.2) is 31.1 Å². The van der Waals surface area contributed by atoms with Gasteiger partial charge in [0.25, 0.3) is 0 Å².